The summed E-state index contributed by atoms with van der Waals surface area (Å²) in [5.41, 5.74) is 2.86. The summed E-state index contributed by atoms with van der Waals surface area (Å²) in [5, 5.41) is 3.17. The van der Waals surface area contributed by atoms with Gasteiger partial charge in [-0.15, -0.1) is 0 Å². The molecule has 3 heteroatoms. The van der Waals surface area contributed by atoms with Crippen molar-refractivity contribution in [2.75, 3.05) is 13.6 Å². The Morgan fingerprint density at radius 3 is 2.70 bits per heavy atom. The Morgan fingerprint density at radius 2 is 1.91 bits per heavy atom. The van der Waals surface area contributed by atoms with E-state index in [4.69, 9.17) is 0 Å². The van der Waals surface area contributed by atoms with E-state index in [2.05, 4.69) is 41.5 Å². The van der Waals surface area contributed by atoms with Crippen LogP contribution in [0.3, 0.4) is 0 Å². The molecule has 3 nitrogen and oxygen atoms in total. The van der Waals surface area contributed by atoms with Gasteiger partial charge >= 0.3 is 0 Å². The summed E-state index contributed by atoms with van der Waals surface area (Å²) in [4.78, 5) is 14.5. The maximum atomic E-state index is 12.2. The van der Waals surface area contributed by atoms with Crippen LogP contribution in [0, 0.1) is 5.92 Å². The van der Waals surface area contributed by atoms with E-state index < -0.39 is 0 Å². The molecule has 1 saturated carbocycles. The first-order valence-electron chi connectivity index (χ1n) is 9.26. The van der Waals surface area contributed by atoms with E-state index in [-0.39, 0.29) is 5.91 Å². The van der Waals surface area contributed by atoms with Crippen LogP contribution in [0.2, 0.25) is 0 Å². The number of hydrogen-bond donors (Lipinski definition) is 1. The standard InChI is InChI=1S/C20H30N2O/c1-22-15-18-10-6-5-9-17(18)13-19(22)14-21-20(23)12-11-16-7-3-2-4-8-16/h5-6,9-10,16,19H,2-4,7-8,11-15H2,1H3,(H,21,23)/t19-/m1/s1. The van der Waals surface area contributed by atoms with Crippen LogP contribution in [0.4, 0.5) is 0 Å². The van der Waals surface area contributed by atoms with Crippen molar-refractivity contribution in [3.8, 4) is 0 Å². The minimum absolute atomic E-state index is 0.239. The molecule has 3 rings (SSSR count). The fourth-order valence-electron chi connectivity index (χ4n) is 4.08. The Kier molecular flexibility index (Phi) is 5.71. The van der Waals surface area contributed by atoms with Crippen LogP contribution in [-0.4, -0.2) is 30.4 Å². The first-order chi connectivity index (χ1) is 11.2. The van der Waals surface area contributed by atoms with Gasteiger partial charge in [-0.1, -0.05) is 56.4 Å². The minimum Gasteiger partial charge on any atom is -0.355 e. The van der Waals surface area contributed by atoms with Crippen LogP contribution in [0.25, 0.3) is 0 Å². The lowest BCUT2D eigenvalue weighted by Gasteiger charge is -2.34. The van der Waals surface area contributed by atoms with Gasteiger partial charge in [0.1, 0.15) is 0 Å². The first kappa shape index (κ1) is 16.5. The van der Waals surface area contributed by atoms with Crippen LogP contribution in [0.1, 0.15) is 56.1 Å². The van der Waals surface area contributed by atoms with E-state index >= 15 is 0 Å². The predicted octanol–water partition coefficient (Wildman–Crippen LogP) is 3.52. The van der Waals surface area contributed by atoms with Crippen molar-refractivity contribution in [1.82, 2.24) is 10.2 Å². The van der Waals surface area contributed by atoms with Crippen molar-refractivity contribution in [3.05, 3.63) is 35.4 Å². The zero-order valence-corrected chi connectivity index (χ0v) is 14.4. The van der Waals surface area contributed by atoms with Crippen molar-refractivity contribution in [3.63, 3.8) is 0 Å². The number of carbonyl (C=O) groups excluding carboxylic acids is 1. The molecule has 1 N–H and O–H groups in total. The molecule has 1 fully saturated rings. The monoisotopic (exact) mass is 314 g/mol. The summed E-state index contributed by atoms with van der Waals surface area (Å²) in [6.45, 7) is 1.76. The van der Waals surface area contributed by atoms with Gasteiger partial charge in [0, 0.05) is 25.6 Å². The van der Waals surface area contributed by atoms with Gasteiger partial charge in [0.15, 0.2) is 0 Å². The number of rotatable bonds is 5. The molecule has 1 amide bonds. The lowest BCUT2D eigenvalue weighted by atomic mass is 9.86. The zero-order chi connectivity index (χ0) is 16.1. The molecule has 126 valence electrons. The lowest BCUT2D eigenvalue weighted by Crippen LogP contribution is -2.45. The van der Waals surface area contributed by atoms with Crippen molar-refractivity contribution in [1.29, 1.82) is 0 Å². The third kappa shape index (κ3) is 4.57. The summed E-state index contributed by atoms with van der Waals surface area (Å²) >= 11 is 0. The Labute approximate surface area is 140 Å². The van der Waals surface area contributed by atoms with Crippen LogP contribution < -0.4 is 5.32 Å². The third-order valence-electron chi connectivity index (χ3n) is 5.66. The number of amides is 1. The van der Waals surface area contributed by atoms with Gasteiger partial charge in [-0.3, -0.25) is 9.69 Å². The second-order valence-electron chi connectivity index (χ2n) is 7.39. The summed E-state index contributed by atoms with van der Waals surface area (Å²) in [7, 11) is 2.16. The second kappa shape index (κ2) is 7.96. The topological polar surface area (TPSA) is 32.3 Å². The molecule has 2 aliphatic rings. The molecule has 0 aromatic heterocycles. The van der Waals surface area contributed by atoms with Gasteiger partial charge in [-0.05, 0) is 36.9 Å². The zero-order valence-electron chi connectivity index (χ0n) is 14.4. The number of likely N-dealkylation sites (N-methyl/N-ethyl adjacent to an activating group) is 1. The third-order valence-corrected chi connectivity index (χ3v) is 5.66. The Hall–Kier alpha value is -1.35. The highest BCUT2D eigenvalue weighted by molar-refractivity contribution is 5.75. The lowest BCUT2D eigenvalue weighted by molar-refractivity contribution is -0.121. The minimum atomic E-state index is 0.239. The molecule has 23 heavy (non-hydrogen) atoms. The average Bonchev–Trinajstić information content (AvgIpc) is 2.59. The molecule has 1 aromatic rings. The molecule has 1 aliphatic carbocycles. The van der Waals surface area contributed by atoms with E-state index in [0.717, 1.165) is 31.8 Å². The predicted molar refractivity (Wildman–Crippen MR) is 94.2 cm³/mol. The average molecular weight is 314 g/mol. The van der Waals surface area contributed by atoms with Crippen molar-refractivity contribution in [2.24, 2.45) is 5.92 Å². The molecule has 0 bridgehead atoms. The summed E-state index contributed by atoms with van der Waals surface area (Å²) < 4.78 is 0. The van der Waals surface area contributed by atoms with Crippen LogP contribution >= 0.6 is 0 Å². The van der Waals surface area contributed by atoms with Gasteiger partial charge in [0.25, 0.3) is 0 Å². The molecule has 0 unspecified atom stereocenters. The summed E-state index contributed by atoms with van der Waals surface area (Å²) in [6, 6.07) is 9.08. The quantitative estimate of drug-likeness (QED) is 0.902. The summed E-state index contributed by atoms with van der Waals surface area (Å²) in [6.07, 6.45) is 9.59. The Balaban J connectivity index is 1.42. The van der Waals surface area contributed by atoms with E-state index in [9.17, 15) is 4.79 Å². The molecule has 0 radical (unpaired) electrons. The van der Waals surface area contributed by atoms with Crippen molar-refractivity contribution >= 4 is 5.91 Å². The van der Waals surface area contributed by atoms with E-state index in [1.54, 1.807) is 0 Å². The van der Waals surface area contributed by atoms with Crippen molar-refractivity contribution < 1.29 is 4.79 Å². The van der Waals surface area contributed by atoms with Crippen molar-refractivity contribution in [2.45, 2.75) is 64.0 Å². The molecule has 0 spiro atoms. The van der Waals surface area contributed by atoms with E-state index in [1.165, 1.54) is 43.2 Å². The number of benzene rings is 1. The van der Waals surface area contributed by atoms with E-state index in [0.29, 0.717) is 12.5 Å². The number of hydrogen-bond acceptors (Lipinski definition) is 2. The summed E-state index contributed by atoms with van der Waals surface area (Å²) in [5.74, 6) is 1.03. The number of nitrogens with one attached hydrogen (secondary N) is 1. The molecule has 1 aromatic carbocycles. The van der Waals surface area contributed by atoms with Gasteiger partial charge in [-0.2, -0.15) is 0 Å². The maximum absolute atomic E-state index is 12.2. The number of carbonyl (C=O) groups is 1. The van der Waals surface area contributed by atoms with Gasteiger partial charge in [0.05, 0.1) is 0 Å². The molecular formula is C20H30N2O. The van der Waals surface area contributed by atoms with Crippen LogP contribution in [0.15, 0.2) is 24.3 Å². The maximum Gasteiger partial charge on any atom is 0.220 e. The van der Waals surface area contributed by atoms with E-state index in [1.807, 2.05) is 0 Å². The first-order valence-corrected chi connectivity index (χ1v) is 9.26. The Morgan fingerprint density at radius 1 is 1.17 bits per heavy atom. The second-order valence-corrected chi connectivity index (χ2v) is 7.39. The smallest absolute Gasteiger partial charge is 0.220 e. The highest BCUT2D eigenvalue weighted by Gasteiger charge is 2.23. The number of fused-ring (bicyclic) bond motifs is 1. The van der Waals surface area contributed by atoms with Gasteiger partial charge < -0.3 is 5.32 Å². The SMILES string of the molecule is CN1Cc2ccccc2C[C@@H]1CNC(=O)CCC1CCCCC1. The van der Waals surface area contributed by atoms with Crippen LogP contribution in [0.5, 0.6) is 0 Å². The number of nitrogens with zero attached hydrogens (tertiary/aromatic N) is 1. The van der Waals surface area contributed by atoms with Gasteiger partial charge in [-0.25, -0.2) is 0 Å². The van der Waals surface area contributed by atoms with Gasteiger partial charge in [0.2, 0.25) is 5.91 Å². The molecule has 1 heterocycles. The normalized spacial score (nSPS) is 22.6. The molecule has 1 atom stereocenters. The molecule has 1 aliphatic heterocycles. The highest BCUT2D eigenvalue weighted by atomic mass is 16.1. The molecule has 0 saturated heterocycles. The largest absolute Gasteiger partial charge is 0.355 e. The fourth-order valence-corrected chi connectivity index (χ4v) is 4.08. The Bertz CT molecular complexity index is 522. The molecular weight excluding hydrogens is 284 g/mol. The highest BCUT2D eigenvalue weighted by Crippen LogP contribution is 2.27. The van der Waals surface area contributed by atoms with Crippen LogP contribution in [-0.2, 0) is 17.8 Å². The fraction of sp³-hybridized carbons (Fsp3) is 0.650.